The minimum absolute atomic E-state index is 0.0833. The van der Waals surface area contributed by atoms with E-state index in [0.29, 0.717) is 5.25 Å². The first-order valence-electron chi connectivity index (χ1n) is 2.49. The van der Waals surface area contributed by atoms with E-state index in [0.717, 1.165) is 0 Å². The van der Waals surface area contributed by atoms with Crippen LogP contribution in [0.3, 0.4) is 0 Å². The van der Waals surface area contributed by atoms with Gasteiger partial charge in [0.1, 0.15) is 0 Å². The predicted molar refractivity (Wildman–Crippen MR) is 35.4 cm³/mol. The lowest BCUT2D eigenvalue weighted by molar-refractivity contribution is 0.697. The number of allylic oxidation sites excluding steroid dienone is 2. The highest BCUT2D eigenvalue weighted by Gasteiger charge is 2.04. The monoisotopic (exact) mass is 130 g/mol. The van der Waals surface area contributed by atoms with Crippen LogP contribution in [0.2, 0.25) is 0 Å². The van der Waals surface area contributed by atoms with Crippen LogP contribution < -0.4 is 0 Å². The standard InChI is InChI=1S/C6H7FS/c1-5-3-2-4-6(7)8-5/h2-5H,1H3. The van der Waals surface area contributed by atoms with Crippen molar-refractivity contribution in [2.75, 3.05) is 0 Å². The summed E-state index contributed by atoms with van der Waals surface area (Å²) in [7, 11) is 0. The highest BCUT2D eigenvalue weighted by Crippen LogP contribution is 2.26. The molecule has 1 atom stereocenters. The summed E-state index contributed by atoms with van der Waals surface area (Å²) < 4.78 is 12.2. The molecule has 0 spiro atoms. The second-order valence-corrected chi connectivity index (χ2v) is 3.05. The van der Waals surface area contributed by atoms with Crippen molar-refractivity contribution in [1.82, 2.24) is 0 Å². The molecule has 1 aliphatic heterocycles. The van der Waals surface area contributed by atoms with Gasteiger partial charge in [-0.05, 0) is 13.0 Å². The summed E-state index contributed by atoms with van der Waals surface area (Å²) in [4.78, 5) is 0. The van der Waals surface area contributed by atoms with E-state index in [2.05, 4.69) is 0 Å². The molecule has 0 saturated heterocycles. The Morgan fingerprint density at radius 1 is 1.75 bits per heavy atom. The lowest BCUT2D eigenvalue weighted by atomic mass is 10.4. The van der Waals surface area contributed by atoms with E-state index in [1.165, 1.54) is 17.8 Å². The van der Waals surface area contributed by atoms with Crippen LogP contribution in [0.1, 0.15) is 6.92 Å². The summed E-state index contributed by atoms with van der Waals surface area (Å²) in [6, 6.07) is 0. The Hall–Kier alpha value is -0.240. The molecule has 0 aromatic carbocycles. The van der Waals surface area contributed by atoms with Crippen molar-refractivity contribution in [2.24, 2.45) is 0 Å². The third-order valence-corrected chi connectivity index (χ3v) is 1.80. The van der Waals surface area contributed by atoms with Crippen LogP contribution in [0.25, 0.3) is 0 Å². The second-order valence-electron chi connectivity index (χ2n) is 1.68. The van der Waals surface area contributed by atoms with Gasteiger partial charge in [0.2, 0.25) is 0 Å². The Bertz CT molecular complexity index is 137. The van der Waals surface area contributed by atoms with Gasteiger partial charge in [0.25, 0.3) is 0 Å². The molecule has 1 heterocycles. The maximum absolute atomic E-state index is 12.2. The van der Waals surface area contributed by atoms with Crippen molar-refractivity contribution in [3.8, 4) is 0 Å². The fraction of sp³-hybridized carbons (Fsp3) is 0.333. The van der Waals surface area contributed by atoms with Crippen molar-refractivity contribution in [1.29, 1.82) is 0 Å². The summed E-state index contributed by atoms with van der Waals surface area (Å²) in [6.45, 7) is 1.97. The topological polar surface area (TPSA) is 0 Å². The Kier molecular flexibility index (Phi) is 1.73. The summed E-state index contributed by atoms with van der Waals surface area (Å²) in [5, 5.41) is 0.222. The Balaban J connectivity index is 2.59. The molecule has 1 unspecified atom stereocenters. The zero-order valence-corrected chi connectivity index (χ0v) is 5.41. The molecule has 1 aliphatic rings. The molecule has 0 N–H and O–H groups in total. The molecule has 2 heteroatoms. The summed E-state index contributed by atoms with van der Waals surface area (Å²) >= 11 is 1.25. The van der Waals surface area contributed by atoms with Crippen molar-refractivity contribution in [2.45, 2.75) is 12.2 Å². The van der Waals surface area contributed by atoms with E-state index < -0.39 is 0 Å². The van der Waals surface area contributed by atoms with E-state index >= 15 is 0 Å². The lowest BCUT2D eigenvalue weighted by Crippen LogP contribution is -1.91. The fourth-order valence-corrected chi connectivity index (χ4v) is 1.23. The highest BCUT2D eigenvalue weighted by molar-refractivity contribution is 8.03. The van der Waals surface area contributed by atoms with Crippen LogP contribution in [0.15, 0.2) is 23.4 Å². The molecule has 0 aromatic rings. The van der Waals surface area contributed by atoms with Gasteiger partial charge < -0.3 is 0 Å². The number of rotatable bonds is 0. The smallest absolute Gasteiger partial charge is 0.157 e. The van der Waals surface area contributed by atoms with E-state index in [1.54, 1.807) is 6.08 Å². The molecule has 0 fully saturated rings. The van der Waals surface area contributed by atoms with Crippen LogP contribution in [0.4, 0.5) is 4.39 Å². The Labute approximate surface area is 52.5 Å². The van der Waals surface area contributed by atoms with Gasteiger partial charge in [-0.25, -0.2) is 0 Å². The minimum Gasteiger partial charge on any atom is -0.199 e. The maximum atomic E-state index is 12.2. The first kappa shape index (κ1) is 5.89. The molecule has 0 radical (unpaired) electrons. The van der Waals surface area contributed by atoms with Crippen molar-refractivity contribution in [3.05, 3.63) is 23.4 Å². The molecule has 0 saturated carbocycles. The molecule has 0 amide bonds. The first-order valence-corrected chi connectivity index (χ1v) is 3.37. The molecular weight excluding hydrogens is 123 g/mol. The molecule has 0 nitrogen and oxygen atoms in total. The van der Waals surface area contributed by atoms with Gasteiger partial charge in [0, 0.05) is 5.25 Å². The van der Waals surface area contributed by atoms with Crippen molar-refractivity contribution in [3.63, 3.8) is 0 Å². The van der Waals surface area contributed by atoms with E-state index in [1.807, 2.05) is 13.0 Å². The van der Waals surface area contributed by atoms with Crippen LogP contribution in [0, 0.1) is 0 Å². The van der Waals surface area contributed by atoms with E-state index in [4.69, 9.17) is 0 Å². The number of hydrogen-bond acceptors (Lipinski definition) is 1. The second kappa shape index (κ2) is 2.35. The predicted octanol–water partition coefficient (Wildman–Crippen LogP) is 2.49. The van der Waals surface area contributed by atoms with Crippen LogP contribution in [-0.4, -0.2) is 5.25 Å². The van der Waals surface area contributed by atoms with Gasteiger partial charge in [-0.1, -0.05) is 23.9 Å². The first-order chi connectivity index (χ1) is 3.79. The molecule has 0 aromatic heterocycles. The third-order valence-electron chi connectivity index (χ3n) is 0.908. The van der Waals surface area contributed by atoms with Gasteiger partial charge in [0.15, 0.2) is 5.16 Å². The van der Waals surface area contributed by atoms with Crippen LogP contribution in [0.5, 0.6) is 0 Å². The minimum atomic E-state index is -0.0833. The van der Waals surface area contributed by atoms with Gasteiger partial charge in [-0.3, -0.25) is 0 Å². The largest absolute Gasteiger partial charge is 0.199 e. The number of thioether (sulfide) groups is 1. The van der Waals surface area contributed by atoms with Crippen molar-refractivity contribution >= 4 is 11.8 Å². The van der Waals surface area contributed by atoms with Crippen LogP contribution in [-0.2, 0) is 0 Å². The quantitative estimate of drug-likeness (QED) is 0.485. The molecule has 0 aliphatic carbocycles. The molecule has 44 valence electrons. The Morgan fingerprint density at radius 2 is 2.50 bits per heavy atom. The fourth-order valence-electron chi connectivity index (χ4n) is 0.544. The third kappa shape index (κ3) is 1.37. The van der Waals surface area contributed by atoms with E-state index in [9.17, 15) is 4.39 Å². The van der Waals surface area contributed by atoms with Crippen molar-refractivity contribution < 1.29 is 4.39 Å². The van der Waals surface area contributed by atoms with Gasteiger partial charge >= 0.3 is 0 Å². The highest BCUT2D eigenvalue weighted by atomic mass is 32.2. The van der Waals surface area contributed by atoms with E-state index in [-0.39, 0.29) is 5.16 Å². The average Bonchev–Trinajstić information content (AvgIpc) is 1.64. The average molecular weight is 130 g/mol. The lowest BCUT2D eigenvalue weighted by Gasteiger charge is -2.05. The molecular formula is C6H7FS. The molecule has 8 heavy (non-hydrogen) atoms. The molecule has 1 rings (SSSR count). The summed E-state index contributed by atoms with van der Waals surface area (Å²) in [5.41, 5.74) is 0. The maximum Gasteiger partial charge on any atom is 0.157 e. The zero-order valence-electron chi connectivity index (χ0n) is 4.60. The van der Waals surface area contributed by atoms with Gasteiger partial charge in [-0.2, -0.15) is 4.39 Å². The Morgan fingerprint density at radius 3 is 2.88 bits per heavy atom. The summed E-state index contributed by atoms with van der Waals surface area (Å²) in [5.74, 6) is 0. The number of halogens is 1. The zero-order chi connectivity index (χ0) is 5.98. The van der Waals surface area contributed by atoms with Gasteiger partial charge in [0.05, 0.1) is 0 Å². The SMILES string of the molecule is CC1C=CC=C(F)S1. The van der Waals surface area contributed by atoms with Crippen LogP contribution >= 0.6 is 11.8 Å². The summed E-state index contributed by atoms with van der Waals surface area (Å²) in [6.07, 6.45) is 5.19. The van der Waals surface area contributed by atoms with Gasteiger partial charge in [-0.15, -0.1) is 0 Å². The number of hydrogen-bond donors (Lipinski definition) is 0. The molecule has 0 bridgehead atoms. The normalized spacial score (nSPS) is 27.8.